The lowest BCUT2D eigenvalue weighted by Gasteiger charge is -2.26. The number of rotatable bonds is 4. The number of anilines is 1. The molecule has 0 bridgehead atoms. The van der Waals surface area contributed by atoms with Crippen LogP contribution in [0, 0.1) is 6.92 Å². The summed E-state index contributed by atoms with van der Waals surface area (Å²) < 4.78 is 5.27. The molecule has 0 saturated carbocycles. The van der Waals surface area contributed by atoms with E-state index in [9.17, 15) is 4.79 Å². The van der Waals surface area contributed by atoms with Crippen LogP contribution in [-0.2, 0) is 9.53 Å². The van der Waals surface area contributed by atoms with Crippen molar-refractivity contribution in [1.29, 1.82) is 0 Å². The summed E-state index contributed by atoms with van der Waals surface area (Å²) in [5.74, 6) is 0.0760. The highest BCUT2D eigenvalue weighted by Crippen LogP contribution is 2.10. The van der Waals surface area contributed by atoms with E-state index in [1.54, 1.807) is 0 Å². The van der Waals surface area contributed by atoms with Crippen LogP contribution in [0.4, 0.5) is 5.69 Å². The molecule has 1 amide bonds. The largest absolute Gasteiger partial charge is 0.379 e. The zero-order chi connectivity index (χ0) is 12.8. The molecule has 0 aliphatic carbocycles. The summed E-state index contributed by atoms with van der Waals surface area (Å²) in [5.41, 5.74) is 2.03. The summed E-state index contributed by atoms with van der Waals surface area (Å²) >= 11 is 0. The van der Waals surface area contributed by atoms with Gasteiger partial charge in [0, 0.05) is 31.7 Å². The summed E-state index contributed by atoms with van der Waals surface area (Å²) in [5, 5.41) is 2.93. The maximum atomic E-state index is 11.8. The van der Waals surface area contributed by atoms with Crippen LogP contribution in [-0.4, -0.2) is 43.7 Å². The van der Waals surface area contributed by atoms with Crippen molar-refractivity contribution in [2.75, 3.05) is 38.2 Å². The van der Waals surface area contributed by atoms with E-state index in [1.807, 2.05) is 31.2 Å². The number of carbonyl (C=O) groups excluding carboxylic acids is 1. The summed E-state index contributed by atoms with van der Waals surface area (Å²) in [6.07, 6.45) is 0.536. The Balaban J connectivity index is 0.00000180. The van der Waals surface area contributed by atoms with Gasteiger partial charge in [-0.1, -0.05) is 12.1 Å². The first-order chi connectivity index (χ1) is 8.74. The monoisotopic (exact) mass is 284 g/mol. The topological polar surface area (TPSA) is 41.6 Å². The fourth-order valence-electron chi connectivity index (χ4n) is 2.03. The molecule has 0 spiro atoms. The van der Waals surface area contributed by atoms with Gasteiger partial charge in [0.25, 0.3) is 0 Å². The smallest absolute Gasteiger partial charge is 0.225 e. The van der Waals surface area contributed by atoms with Crippen molar-refractivity contribution in [3.05, 3.63) is 29.8 Å². The summed E-state index contributed by atoms with van der Waals surface area (Å²) in [7, 11) is 0. The quantitative estimate of drug-likeness (QED) is 0.920. The SMILES string of the molecule is Cc1cccc(NC(=O)CCN2CCOCC2)c1.Cl. The van der Waals surface area contributed by atoms with Crippen LogP contribution < -0.4 is 5.32 Å². The number of ether oxygens (including phenoxy) is 1. The Labute approximate surface area is 120 Å². The average molecular weight is 285 g/mol. The number of hydrogen-bond donors (Lipinski definition) is 1. The molecular formula is C14H21ClN2O2. The van der Waals surface area contributed by atoms with Crippen molar-refractivity contribution in [3.63, 3.8) is 0 Å². The minimum absolute atomic E-state index is 0. The molecule has 1 aliphatic rings. The maximum absolute atomic E-state index is 11.8. The second kappa shape index (κ2) is 8.15. The predicted molar refractivity (Wildman–Crippen MR) is 78.9 cm³/mol. The number of morpholine rings is 1. The second-order valence-corrected chi connectivity index (χ2v) is 4.62. The van der Waals surface area contributed by atoms with Gasteiger partial charge in [0.15, 0.2) is 0 Å². The Kier molecular flexibility index (Phi) is 6.84. The van der Waals surface area contributed by atoms with Gasteiger partial charge in [-0.25, -0.2) is 0 Å². The van der Waals surface area contributed by atoms with Crippen molar-refractivity contribution in [3.8, 4) is 0 Å². The minimum Gasteiger partial charge on any atom is -0.379 e. The van der Waals surface area contributed by atoms with E-state index in [-0.39, 0.29) is 18.3 Å². The van der Waals surface area contributed by atoms with Gasteiger partial charge in [-0.3, -0.25) is 9.69 Å². The van der Waals surface area contributed by atoms with Crippen LogP contribution in [0.2, 0.25) is 0 Å². The fraction of sp³-hybridized carbons (Fsp3) is 0.500. The van der Waals surface area contributed by atoms with E-state index >= 15 is 0 Å². The van der Waals surface area contributed by atoms with Crippen molar-refractivity contribution >= 4 is 24.0 Å². The minimum atomic E-state index is 0. The summed E-state index contributed by atoms with van der Waals surface area (Å²) in [4.78, 5) is 14.1. The van der Waals surface area contributed by atoms with Crippen molar-refractivity contribution in [2.45, 2.75) is 13.3 Å². The van der Waals surface area contributed by atoms with Crippen LogP contribution in [0.5, 0.6) is 0 Å². The number of nitrogens with one attached hydrogen (secondary N) is 1. The van der Waals surface area contributed by atoms with Gasteiger partial charge in [0.2, 0.25) is 5.91 Å². The Hall–Kier alpha value is -1.10. The Morgan fingerprint density at radius 2 is 2.11 bits per heavy atom. The van der Waals surface area contributed by atoms with Gasteiger partial charge in [0.1, 0.15) is 0 Å². The van der Waals surface area contributed by atoms with E-state index in [0.29, 0.717) is 6.42 Å². The van der Waals surface area contributed by atoms with Crippen LogP contribution in [0.25, 0.3) is 0 Å². The molecule has 2 rings (SSSR count). The normalized spacial score (nSPS) is 15.6. The predicted octanol–water partition coefficient (Wildman–Crippen LogP) is 2.08. The Morgan fingerprint density at radius 3 is 2.79 bits per heavy atom. The van der Waals surface area contributed by atoms with Crippen LogP contribution in [0.3, 0.4) is 0 Å². The second-order valence-electron chi connectivity index (χ2n) is 4.62. The van der Waals surface area contributed by atoms with Crippen molar-refractivity contribution in [1.82, 2.24) is 4.90 Å². The molecule has 0 unspecified atom stereocenters. The number of nitrogens with zero attached hydrogens (tertiary/aromatic N) is 1. The highest BCUT2D eigenvalue weighted by Gasteiger charge is 2.11. The molecular weight excluding hydrogens is 264 g/mol. The number of benzene rings is 1. The molecule has 0 atom stereocenters. The zero-order valence-corrected chi connectivity index (χ0v) is 12.0. The van der Waals surface area contributed by atoms with Gasteiger partial charge in [-0.05, 0) is 24.6 Å². The number of aryl methyl sites for hydroxylation is 1. The van der Waals surface area contributed by atoms with Gasteiger partial charge in [-0.2, -0.15) is 0 Å². The average Bonchev–Trinajstić information content (AvgIpc) is 2.38. The van der Waals surface area contributed by atoms with Crippen LogP contribution in [0.15, 0.2) is 24.3 Å². The van der Waals surface area contributed by atoms with Gasteiger partial charge in [0.05, 0.1) is 13.2 Å². The third kappa shape index (κ3) is 5.59. The number of amides is 1. The lowest BCUT2D eigenvalue weighted by molar-refractivity contribution is -0.116. The first-order valence-electron chi connectivity index (χ1n) is 6.41. The number of hydrogen-bond acceptors (Lipinski definition) is 3. The Bertz CT molecular complexity index is 406. The molecule has 1 aromatic carbocycles. The van der Waals surface area contributed by atoms with E-state index in [2.05, 4.69) is 10.2 Å². The van der Waals surface area contributed by atoms with Crippen molar-refractivity contribution < 1.29 is 9.53 Å². The molecule has 1 aromatic rings. The van der Waals surface area contributed by atoms with Crippen molar-refractivity contribution in [2.24, 2.45) is 0 Å². The third-order valence-electron chi connectivity index (χ3n) is 3.06. The fourth-order valence-corrected chi connectivity index (χ4v) is 2.03. The molecule has 5 heteroatoms. The van der Waals surface area contributed by atoms with Gasteiger partial charge >= 0.3 is 0 Å². The molecule has 1 saturated heterocycles. The zero-order valence-electron chi connectivity index (χ0n) is 11.2. The van der Waals surface area contributed by atoms with E-state index in [1.165, 1.54) is 0 Å². The van der Waals surface area contributed by atoms with E-state index < -0.39 is 0 Å². The third-order valence-corrected chi connectivity index (χ3v) is 3.06. The standard InChI is InChI=1S/C14H20N2O2.ClH/c1-12-3-2-4-13(11-12)15-14(17)5-6-16-7-9-18-10-8-16;/h2-4,11H,5-10H2,1H3,(H,15,17);1H. The van der Waals surface area contributed by atoms with E-state index in [4.69, 9.17) is 4.74 Å². The molecule has 19 heavy (non-hydrogen) atoms. The number of carbonyl (C=O) groups is 1. The number of halogens is 1. The first kappa shape index (κ1) is 16.0. The molecule has 1 aliphatic heterocycles. The van der Waals surface area contributed by atoms with Gasteiger partial charge < -0.3 is 10.1 Å². The highest BCUT2D eigenvalue weighted by molar-refractivity contribution is 5.90. The molecule has 1 N–H and O–H groups in total. The Morgan fingerprint density at radius 1 is 1.37 bits per heavy atom. The lowest BCUT2D eigenvalue weighted by atomic mass is 10.2. The molecule has 1 fully saturated rings. The van der Waals surface area contributed by atoms with E-state index in [0.717, 1.165) is 44.1 Å². The summed E-state index contributed by atoms with van der Waals surface area (Å²) in [6.45, 7) is 6.23. The van der Waals surface area contributed by atoms with Crippen LogP contribution >= 0.6 is 12.4 Å². The molecule has 4 nitrogen and oxygen atoms in total. The lowest BCUT2D eigenvalue weighted by Crippen LogP contribution is -2.38. The highest BCUT2D eigenvalue weighted by atomic mass is 35.5. The van der Waals surface area contributed by atoms with Crippen LogP contribution in [0.1, 0.15) is 12.0 Å². The maximum Gasteiger partial charge on any atom is 0.225 e. The first-order valence-corrected chi connectivity index (χ1v) is 6.41. The summed E-state index contributed by atoms with van der Waals surface area (Å²) in [6, 6.07) is 7.86. The van der Waals surface area contributed by atoms with Gasteiger partial charge in [-0.15, -0.1) is 12.4 Å². The molecule has 0 radical (unpaired) electrons. The molecule has 0 aromatic heterocycles. The molecule has 106 valence electrons. The molecule has 1 heterocycles.